The van der Waals surface area contributed by atoms with E-state index in [9.17, 15) is 8.78 Å². The summed E-state index contributed by atoms with van der Waals surface area (Å²) < 4.78 is 29.1. The predicted octanol–water partition coefficient (Wildman–Crippen LogP) is 4.47. The lowest BCUT2D eigenvalue weighted by atomic mass is 10.0. The van der Waals surface area contributed by atoms with Gasteiger partial charge in [0, 0.05) is 23.2 Å². The Morgan fingerprint density at radius 2 is 1.95 bits per heavy atom. The molecule has 2 nitrogen and oxygen atoms in total. The zero-order chi connectivity index (χ0) is 14.4. The van der Waals surface area contributed by atoms with Crippen LogP contribution in [0, 0.1) is 5.92 Å². The van der Waals surface area contributed by atoms with Gasteiger partial charge in [-0.2, -0.15) is 8.78 Å². The number of hydrogen-bond acceptors (Lipinski definition) is 2. The third kappa shape index (κ3) is 6.21. The Labute approximate surface area is 118 Å². The summed E-state index contributed by atoms with van der Waals surface area (Å²) in [5.41, 5.74) is 0.642. The molecule has 0 aromatic heterocycles. The minimum atomic E-state index is -2.83. The first kappa shape index (κ1) is 16.2. The van der Waals surface area contributed by atoms with E-state index in [4.69, 9.17) is 11.6 Å². The lowest BCUT2D eigenvalue weighted by Gasteiger charge is -2.17. The maximum absolute atomic E-state index is 12.3. The third-order valence-electron chi connectivity index (χ3n) is 2.70. The van der Waals surface area contributed by atoms with Gasteiger partial charge in [-0.05, 0) is 37.5 Å². The molecule has 0 radical (unpaired) electrons. The molecule has 1 unspecified atom stereocenters. The summed E-state index contributed by atoms with van der Waals surface area (Å²) in [6.07, 6.45) is 1.02. The average molecular weight is 292 g/mol. The van der Waals surface area contributed by atoms with Crippen LogP contribution >= 0.6 is 11.6 Å². The first-order valence-corrected chi connectivity index (χ1v) is 6.73. The molecule has 108 valence electrons. The van der Waals surface area contributed by atoms with Crippen LogP contribution < -0.4 is 10.1 Å². The van der Waals surface area contributed by atoms with E-state index in [1.165, 1.54) is 6.07 Å². The fourth-order valence-corrected chi connectivity index (χ4v) is 2.17. The van der Waals surface area contributed by atoms with Gasteiger partial charge in [0.1, 0.15) is 5.75 Å². The van der Waals surface area contributed by atoms with Crippen molar-refractivity contribution in [3.63, 3.8) is 0 Å². The predicted molar refractivity (Wildman–Crippen MR) is 73.8 cm³/mol. The largest absolute Gasteiger partial charge is 0.434 e. The SMILES string of the molecule is CC(C)CC(C)NCc1cc(Cl)ccc1OC(F)F. The Kier molecular flexibility index (Phi) is 6.52. The Balaban J connectivity index is 2.67. The Hall–Kier alpha value is -0.870. The maximum atomic E-state index is 12.3. The van der Waals surface area contributed by atoms with Gasteiger partial charge < -0.3 is 10.1 Å². The van der Waals surface area contributed by atoms with Gasteiger partial charge in [-0.3, -0.25) is 0 Å². The van der Waals surface area contributed by atoms with Gasteiger partial charge in [0.2, 0.25) is 0 Å². The molecule has 1 aromatic rings. The zero-order valence-corrected chi connectivity index (χ0v) is 12.2. The van der Waals surface area contributed by atoms with Crippen LogP contribution in [0.2, 0.25) is 5.02 Å². The summed E-state index contributed by atoms with van der Waals surface area (Å²) >= 11 is 5.88. The molecule has 0 spiro atoms. The van der Waals surface area contributed by atoms with Gasteiger partial charge in [0.25, 0.3) is 0 Å². The Bertz CT molecular complexity index is 399. The van der Waals surface area contributed by atoms with Crippen LogP contribution in [0.3, 0.4) is 0 Å². The smallest absolute Gasteiger partial charge is 0.387 e. The van der Waals surface area contributed by atoms with Crippen LogP contribution in [0.25, 0.3) is 0 Å². The molecule has 1 rings (SSSR count). The summed E-state index contributed by atoms with van der Waals surface area (Å²) in [6.45, 7) is 3.98. The molecule has 1 atom stereocenters. The minimum Gasteiger partial charge on any atom is -0.434 e. The molecule has 0 amide bonds. The van der Waals surface area contributed by atoms with Crippen LogP contribution in [0.5, 0.6) is 5.75 Å². The lowest BCUT2D eigenvalue weighted by Crippen LogP contribution is -2.27. The molecular weight excluding hydrogens is 272 g/mol. The lowest BCUT2D eigenvalue weighted by molar-refractivity contribution is -0.0505. The molecule has 0 aliphatic heterocycles. The molecule has 1 aromatic carbocycles. The Morgan fingerprint density at radius 1 is 1.26 bits per heavy atom. The normalized spacial score (nSPS) is 13.1. The minimum absolute atomic E-state index is 0.170. The average Bonchev–Trinajstić information content (AvgIpc) is 2.28. The number of halogens is 3. The van der Waals surface area contributed by atoms with E-state index in [2.05, 4.69) is 30.8 Å². The summed E-state index contributed by atoms with van der Waals surface area (Å²) in [5.74, 6) is 0.752. The second-order valence-electron chi connectivity index (χ2n) is 5.04. The van der Waals surface area contributed by atoms with E-state index in [-0.39, 0.29) is 5.75 Å². The molecule has 0 fully saturated rings. The number of hydrogen-bond donors (Lipinski definition) is 1. The van der Waals surface area contributed by atoms with Gasteiger partial charge in [-0.25, -0.2) is 0 Å². The zero-order valence-electron chi connectivity index (χ0n) is 11.4. The molecule has 0 bridgehead atoms. The number of alkyl halides is 2. The number of nitrogens with one attached hydrogen (secondary N) is 1. The van der Waals surface area contributed by atoms with Gasteiger partial charge in [0.05, 0.1) is 0 Å². The standard InChI is InChI=1S/C14H20ClF2NO/c1-9(2)6-10(3)18-8-11-7-12(15)4-5-13(11)19-14(16)17/h4-5,7,9-10,14,18H,6,8H2,1-3H3. The summed E-state index contributed by atoms with van der Waals surface area (Å²) in [7, 11) is 0. The van der Waals surface area contributed by atoms with Gasteiger partial charge >= 0.3 is 6.61 Å². The number of ether oxygens (including phenoxy) is 1. The van der Waals surface area contributed by atoms with Crippen LogP contribution in [-0.2, 0) is 6.54 Å². The van der Waals surface area contributed by atoms with Crippen molar-refractivity contribution in [1.82, 2.24) is 5.32 Å². The van der Waals surface area contributed by atoms with Crippen molar-refractivity contribution in [2.24, 2.45) is 5.92 Å². The molecule has 19 heavy (non-hydrogen) atoms. The van der Waals surface area contributed by atoms with Crippen molar-refractivity contribution >= 4 is 11.6 Å². The van der Waals surface area contributed by atoms with Crippen molar-refractivity contribution in [3.05, 3.63) is 28.8 Å². The highest BCUT2D eigenvalue weighted by Gasteiger charge is 2.11. The van der Waals surface area contributed by atoms with E-state index in [0.717, 1.165) is 6.42 Å². The van der Waals surface area contributed by atoms with Crippen molar-refractivity contribution < 1.29 is 13.5 Å². The second-order valence-corrected chi connectivity index (χ2v) is 5.48. The highest BCUT2D eigenvalue weighted by Crippen LogP contribution is 2.24. The highest BCUT2D eigenvalue weighted by atomic mass is 35.5. The Morgan fingerprint density at radius 3 is 2.53 bits per heavy atom. The number of benzene rings is 1. The van der Waals surface area contributed by atoms with Crippen LogP contribution in [0.4, 0.5) is 8.78 Å². The molecule has 0 heterocycles. The molecule has 5 heteroatoms. The molecule has 0 aliphatic rings. The van der Waals surface area contributed by atoms with Crippen molar-refractivity contribution in [2.45, 2.75) is 46.4 Å². The van der Waals surface area contributed by atoms with Crippen molar-refractivity contribution in [1.29, 1.82) is 0 Å². The summed E-state index contributed by atoms with van der Waals surface area (Å²) in [4.78, 5) is 0. The quantitative estimate of drug-likeness (QED) is 0.800. The van der Waals surface area contributed by atoms with Gasteiger partial charge in [0.15, 0.2) is 0 Å². The maximum Gasteiger partial charge on any atom is 0.387 e. The van der Waals surface area contributed by atoms with Crippen molar-refractivity contribution in [3.8, 4) is 5.75 Å². The molecule has 0 aliphatic carbocycles. The monoisotopic (exact) mass is 291 g/mol. The van der Waals surface area contributed by atoms with E-state index in [1.54, 1.807) is 12.1 Å². The first-order valence-electron chi connectivity index (χ1n) is 6.35. The van der Waals surface area contributed by atoms with Crippen LogP contribution in [0.15, 0.2) is 18.2 Å². The summed E-state index contributed by atoms with van der Waals surface area (Å²) in [6, 6.07) is 4.96. The first-order chi connectivity index (χ1) is 8.88. The van der Waals surface area contributed by atoms with E-state index in [0.29, 0.717) is 29.1 Å². The van der Waals surface area contributed by atoms with Gasteiger partial charge in [-0.15, -0.1) is 0 Å². The van der Waals surface area contributed by atoms with E-state index >= 15 is 0 Å². The molecule has 1 N–H and O–H groups in total. The fraction of sp³-hybridized carbons (Fsp3) is 0.571. The topological polar surface area (TPSA) is 21.3 Å². The fourth-order valence-electron chi connectivity index (χ4n) is 1.97. The van der Waals surface area contributed by atoms with Crippen molar-refractivity contribution in [2.75, 3.05) is 0 Å². The number of rotatable bonds is 7. The van der Waals surface area contributed by atoms with Crippen LogP contribution in [0.1, 0.15) is 32.8 Å². The summed E-state index contributed by atoms with van der Waals surface area (Å²) in [5, 5.41) is 3.80. The van der Waals surface area contributed by atoms with Crippen LogP contribution in [-0.4, -0.2) is 12.7 Å². The van der Waals surface area contributed by atoms with E-state index in [1.807, 2.05) is 0 Å². The molecule has 0 saturated heterocycles. The molecule has 0 saturated carbocycles. The second kappa shape index (κ2) is 7.65. The van der Waals surface area contributed by atoms with Gasteiger partial charge in [-0.1, -0.05) is 25.4 Å². The van der Waals surface area contributed by atoms with E-state index < -0.39 is 6.61 Å². The molecular formula is C14H20ClF2NO. The third-order valence-corrected chi connectivity index (χ3v) is 2.94. The highest BCUT2D eigenvalue weighted by molar-refractivity contribution is 6.30.